The Morgan fingerprint density at radius 2 is 2.24 bits per heavy atom. The van der Waals surface area contributed by atoms with Crippen LogP contribution in [-0.4, -0.2) is 82.4 Å². The van der Waals surface area contributed by atoms with Crippen molar-refractivity contribution in [2.24, 2.45) is 11.8 Å². The minimum Gasteiger partial charge on any atom is -0.342 e. The first-order valence-corrected chi connectivity index (χ1v) is 9.11. The number of rotatable bonds is 7. The lowest BCUT2D eigenvalue weighted by Crippen LogP contribution is -2.58. The van der Waals surface area contributed by atoms with Gasteiger partial charge in [-0.3, -0.25) is 14.4 Å². The molecule has 3 fully saturated rings. The molecule has 0 spiro atoms. The lowest BCUT2D eigenvalue weighted by atomic mass is 9.75. The monoisotopic (exact) mass is 346 g/mol. The molecular formula is C18H30N6O. The molecule has 3 aliphatic heterocycles. The second kappa shape index (κ2) is 7.66. The molecule has 0 N–H and O–H groups in total. The van der Waals surface area contributed by atoms with Gasteiger partial charge in [0.2, 0.25) is 5.91 Å². The number of likely N-dealkylation sites (N-methyl/N-ethyl adjacent to an activating group) is 1. The van der Waals surface area contributed by atoms with Crippen molar-refractivity contribution in [1.82, 2.24) is 29.7 Å². The molecule has 7 nitrogen and oxygen atoms in total. The summed E-state index contributed by atoms with van der Waals surface area (Å²) in [5.74, 6) is 0.886. The first-order chi connectivity index (χ1) is 12.0. The van der Waals surface area contributed by atoms with Gasteiger partial charge in [0.15, 0.2) is 0 Å². The summed E-state index contributed by atoms with van der Waals surface area (Å²) in [6.45, 7) is 7.98. The van der Waals surface area contributed by atoms with Crippen molar-refractivity contribution >= 4 is 5.91 Å². The number of aromatic nitrogens is 3. The minimum atomic E-state index is 0.134. The van der Waals surface area contributed by atoms with Gasteiger partial charge in [-0.25, -0.2) is 0 Å². The molecule has 7 heteroatoms. The van der Waals surface area contributed by atoms with Gasteiger partial charge in [-0.05, 0) is 39.4 Å². The highest BCUT2D eigenvalue weighted by atomic mass is 16.2. The molecule has 138 valence electrons. The molecule has 3 saturated heterocycles. The van der Waals surface area contributed by atoms with Gasteiger partial charge in [-0.1, -0.05) is 11.3 Å². The predicted octanol–water partition coefficient (Wildman–Crippen LogP) is 0.695. The van der Waals surface area contributed by atoms with Crippen LogP contribution >= 0.6 is 0 Å². The molecule has 0 radical (unpaired) electrons. The SMILES string of the molecule is C=CCN(C)C(=O)C1CN2CCC1CC2Cn1cc(CN(C)C)nn1. The first kappa shape index (κ1) is 18.1. The number of piperidine rings is 3. The Kier molecular flexibility index (Phi) is 5.54. The van der Waals surface area contributed by atoms with Gasteiger partial charge in [0, 0.05) is 38.9 Å². The number of carbonyl (C=O) groups excluding carboxylic acids is 1. The maximum absolute atomic E-state index is 12.7. The maximum Gasteiger partial charge on any atom is 0.227 e. The zero-order chi connectivity index (χ0) is 18.0. The summed E-state index contributed by atoms with van der Waals surface area (Å²) in [6.07, 6.45) is 6.03. The highest BCUT2D eigenvalue weighted by Gasteiger charge is 2.43. The quantitative estimate of drug-likeness (QED) is 0.680. The van der Waals surface area contributed by atoms with Crippen LogP contribution in [0.15, 0.2) is 18.9 Å². The van der Waals surface area contributed by atoms with Crippen molar-refractivity contribution < 1.29 is 4.79 Å². The van der Waals surface area contributed by atoms with E-state index in [1.165, 1.54) is 0 Å². The normalized spacial score (nSPS) is 28.3. The van der Waals surface area contributed by atoms with E-state index in [0.29, 0.717) is 18.5 Å². The third kappa shape index (κ3) is 4.10. The topological polar surface area (TPSA) is 57.5 Å². The third-order valence-electron chi connectivity index (χ3n) is 5.44. The summed E-state index contributed by atoms with van der Waals surface area (Å²) in [7, 11) is 5.94. The van der Waals surface area contributed by atoms with E-state index < -0.39 is 0 Å². The second-order valence-electron chi connectivity index (χ2n) is 7.72. The average molecular weight is 346 g/mol. The molecular weight excluding hydrogens is 316 g/mol. The second-order valence-corrected chi connectivity index (χ2v) is 7.72. The van der Waals surface area contributed by atoms with E-state index in [2.05, 4.69) is 26.7 Å². The summed E-state index contributed by atoms with van der Waals surface area (Å²) >= 11 is 0. The van der Waals surface area contributed by atoms with Crippen molar-refractivity contribution in [3.8, 4) is 0 Å². The number of nitrogens with zero attached hydrogens (tertiary/aromatic N) is 6. The van der Waals surface area contributed by atoms with E-state index in [-0.39, 0.29) is 11.8 Å². The predicted molar refractivity (Wildman–Crippen MR) is 96.8 cm³/mol. The van der Waals surface area contributed by atoms with Crippen molar-refractivity contribution in [3.63, 3.8) is 0 Å². The minimum absolute atomic E-state index is 0.134. The molecule has 1 aromatic heterocycles. The molecule has 4 rings (SSSR count). The van der Waals surface area contributed by atoms with Gasteiger partial charge in [0.1, 0.15) is 0 Å². The van der Waals surface area contributed by atoms with Gasteiger partial charge >= 0.3 is 0 Å². The van der Waals surface area contributed by atoms with E-state index >= 15 is 0 Å². The van der Waals surface area contributed by atoms with Gasteiger partial charge in [-0.15, -0.1) is 11.7 Å². The van der Waals surface area contributed by atoms with Crippen LogP contribution < -0.4 is 0 Å². The molecule has 1 amide bonds. The zero-order valence-electron chi connectivity index (χ0n) is 15.6. The van der Waals surface area contributed by atoms with Crippen LogP contribution in [0.25, 0.3) is 0 Å². The highest BCUT2D eigenvalue weighted by Crippen LogP contribution is 2.37. The van der Waals surface area contributed by atoms with Crippen LogP contribution in [0.2, 0.25) is 0 Å². The van der Waals surface area contributed by atoms with Crippen LogP contribution in [0.5, 0.6) is 0 Å². The summed E-state index contributed by atoms with van der Waals surface area (Å²) in [4.78, 5) is 19.0. The average Bonchev–Trinajstić information content (AvgIpc) is 3.01. The Labute approximate surface area is 150 Å². The molecule has 3 aliphatic rings. The van der Waals surface area contributed by atoms with Gasteiger partial charge in [0.25, 0.3) is 0 Å². The molecule has 4 unspecified atom stereocenters. The summed E-state index contributed by atoms with van der Waals surface area (Å²) in [5.41, 5.74) is 1.00. The molecule has 2 bridgehead atoms. The van der Waals surface area contributed by atoms with Crippen molar-refractivity contribution in [2.45, 2.75) is 32.0 Å². The Bertz CT molecular complexity index is 612. The lowest BCUT2D eigenvalue weighted by Gasteiger charge is -2.49. The fourth-order valence-electron chi connectivity index (χ4n) is 4.21. The summed E-state index contributed by atoms with van der Waals surface area (Å²) in [5, 5.41) is 8.53. The van der Waals surface area contributed by atoms with Crippen LogP contribution in [-0.2, 0) is 17.9 Å². The molecule has 1 aromatic rings. The third-order valence-corrected chi connectivity index (χ3v) is 5.44. The van der Waals surface area contributed by atoms with Crippen LogP contribution in [0.1, 0.15) is 18.5 Å². The largest absolute Gasteiger partial charge is 0.342 e. The number of carbonyl (C=O) groups is 1. The van der Waals surface area contributed by atoms with Gasteiger partial charge < -0.3 is 9.80 Å². The molecule has 4 heterocycles. The fraction of sp³-hybridized carbons (Fsp3) is 0.722. The fourth-order valence-corrected chi connectivity index (χ4v) is 4.21. The number of amides is 1. The Balaban J connectivity index is 1.59. The number of fused-ring (bicyclic) bond motifs is 3. The maximum atomic E-state index is 12.7. The summed E-state index contributed by atoms with van der Waals surface area (Å²) < 4.78 is 1.96. The van der Waals surface area contributed by atoms with E-state index in [1.807, 2.05) is 32.0 Å². The van der Waals surface area contributed by atoms with Crippen LogP contribution in [0.4, 0.5) is 0 Å². The van der Waals surface area contributed by atoms with Crippen molar-refractivity contribution in [3.05, 3.63) is 24.5 Å². The van der Waals surface area contributed by atoms with Crippen molar-refractivity contribution in [1.29, 1.82) is 0 Å². The standard InChI is InChI=1S/C18H30N6O/c1-5-7-22(4)18(25)17-13-23-8-6-14(17)9-16(23)12-24-11-15(19-20-24)10-21(2)3/h5,11,14,16-17H,1,6-10,12-13H2,2-4H3. The lowest BCUT2D eigenvalue weighted by molar-refractivity contribution is -0.142. The van der Waals surface area contributed by atoms with Gasteiger partial charge in [-0.2, -0.15) is 0 Å². The molecule has 0 saturated carbocycles. The molecule has 0 aromatic carbocycles. The van der Waals surface area contributed by atoms with E-state index in [9.17, 15) is 4.79 Å². The number of hydrogen-bond donors (Lipinski definition) is 0. The Morgan fingerprint density at radius 1 is 1.44 bits per heavy atom. The Morgan fingerprint density at radius 3 is 2.88 bits per heavy atom. The number of hydrogen-bond acceptors (Lipinski definition) is 5. The van der Waals surface area contributed by atoms with Gasteiger partial charge in [0.05, 0.1) is 18.2 Å². The molecule has 0 aliphatic carbocycles. The summed E-state index contributed by atoms with van der Waals surface area (Å²) in [6, 6.07) is 0.460. The van der Waals surface area contributed by atoms with E-state index in [1.54, 1.807) is 11.0 Å². The molecule has 25 heavy (non-hydrogen) atoms. The van der Waals surface area contributed by atoms with E-state index in [0.717, 1.165) is 44.7 Å². The first-order valence-electron chi connectivity index (χ1n) is 9.11. The van der Waals surface area contributed by atoms with Crippen LogP contribution in [0.3, 0.4) is 0 Å². The smallest absolute Gasteiger partial charge is 0.227 e. The van der Waals surface area contributed by atoms with Crippen molar-refractivity contribution in [2.75, 3.05) is 40.8 Å². The van der Waals surface area contributed by atoms with E-state index in [4.69, 9.17) is 0 Å². The zero-order valence-corrected chi connectivity index (χ0v) is 15.6. The highest BCUT2D eigenvalue weighted by molar-refractivity contribution is 5.79. The molecule has 4 atom stereocenters. The van der Waals surface area contributed by atoms with Crippen LogP contribution in [0, 0.1) is 11.8 Å². The Hall–Kier alpha value is -1.73.